The van der Waals surface area contributed by atoms with E-state index >= 15 is 0 Å². The van der Waals surface area contributed by atoms with Crippen LogP contribution in [0, 0.1) is 5.92 Å². The van der Waals surface area contributed by atoms with Gasteiger partial charge in [0.15, 0.2) is 5.16 Å². The average molecular weight is 254 g/mol. The smallest absolute Gasteiger partial charge is 0.190 e. The standard InChI is InChI=1S/C12H22N4S/c1-10-3-5-11(6-4-10)13-7-8-17-12-15-14-9-16(12)2/h9-11,13H,3-8H2,1-2H3. The zero-order chi connectivity index (χ0) is 12.1. The minimum absolute atomic E-state index is 0.742. The first kappa shape index (κ1) is 12.9. The number of rotatable bonds is 5. The van der Waals surface area contributed by atoms with Crippen molar-refractivity contribution in [3.63, 3.8) is 0 Å². The lowest BCUT2D eigenvalue weighted by molar-refractivity contribution is 0.312. The van der Waals surface area contributed by atoms with Crippen molar-refractivity contribution in [2.45, 2.75) is 43.8 Å². The number of aromatic nitrogens is 3. The van der Waals surface area contributed by atoms with Crippen LogP contribution in [0.2, 0.25) is 0 Å². The van der Waals surface area contributed by atoms with E-state index in [1.54, 1.807) is 18.1 Å². The summed E-state index contributed by atoms with van der Waals surface area (Å²) in [7, 11) is 1.98. The molecular formula is C12H22N4S. The Morgan fingerprint density at radius 2 is 2.18 bits per heavy atom. The number of nitrogens with zero attached hydrogens (tertiary/aromatic N) is 3. The molecule has 0 unspecified atom stereocenters. The van der Waals surface area contributed by atoms with Gasteiger partial charge in [0, 0.05) is 25.4 Å². The third-order valence-corrected chi connectivity index (χ3v) is 4.49. The highest BCUT2D eigenvalue weighted by Gasteiger charge is 2.17. The van der Waals surface area contributed by atoms with E-state index in [0.29, 0.717) is 0 Å². The third-order valence-electron chi connectivity index (χ3n) is 3.45. The molecule has 1 aliphatic carbocycles. The Hall–Kier alpha value is -0.550. The molecule has 4 nitrogen and oxygen atoms in total. The Morgan fingerprint density at radius 3 is 2.82 bits per heavy atom. The van der Waals surface area contributed by atoms with Gasteiger partial charge in [-0.05, 0) is 31.6 Å². The van der Waals surface area contributed by atoms with Gasteiger partial charge in [-0.1, -0.05) is 18.7 Å². The Balaban J connectivity index is 1.59. The summed E-state index contributed by atoms with van der Waals surface area (Å²) in [5, 5.41) is 12.6. The largest absolute Gasteiger partial charge is 0.313 e. The fraction of sp³-hybridized carbons (Fsp3) is 0.833. The first-order chi connectivity index (χ1) is 8.25. The van der Waals surface area contributed by atoms with Crippen LogP contribution in [0.3, 0.4) is 0 Å². The van der Waals surface area contributed by atoms with Crippen LogP contribution < -0.4 is 5.32 Å². The normalized spacial score (nSPS) is 25.1. The molecule has 2 rings (SSSR count). The lowest BCUT2D eigenvalue weighted by Gasteiger charge is -2.26. The third kappa shape index (κ3) is 4.00. The van der Waals surface area contributed by atoms with E-state index in [-0.39, 0.29) is 0 Å². The highest BCUT2D eigenvalue weighted by molar-refractivity contribution is 7.99. The molecule has 0 saturated heterocycles. The lowest BCUT2D eigenvalue weighted by Crippen LogP contribution is -2.34. The van der Waals surface area contributed by atoms with Crippen LogP contribution in [0.4, 0.5) is 0 Å². The van der Waals surface area contributed by atoms with Crippen molar-refractivity contribution in [3.8, 4) is 0 Å². The van der Waals surface area contributed by atoms with E-state index < -0.39 is 0 Å². The molecule has 1 N–H and O–H groups in total. The second-order valence-electron chi connectivity index (χ2n) is 4.98. The molecule has 1 fully saturated rings. The van der Waals surface area contributed by atoms with E-state index in [1.165, 1.54) is 25.7 Å². The van der Waals surface area contributed by atoms with E-state index in [0.717, 1.165) is 29.4 Å². The van der Waals surface area contributed by atoms with Crippen LogP contribution in [-0.4, -0.2) is 33.1 Å². The van der Waals surface area contributed by atoms with Gasteiger partial charge in [-0.2, -0.15) is 0 Å². The summed E-state index contributed by atoms with van der Waals surface area (Å²) >= 11 is 1.77. The van der Waals surface area contributed by atoms with Crippen molar-refractivity contribution in [2.75, 3.05) is 12.3 Å². The van der Waals surface area contributed by atoms with Gasteiger partial charge >= 0.3 is 0 Å². The van der Waals surface area contributed by atoms with Crippen LogP contribution in [0.15, 0.2) is 11.5 Å². The Morgan fingerprint density at radius 1 is 1.41 bits per heavy atom. The summed E-state index contributed by atoms with van der Waals surface area (Å²) in [4.78, 5) is 0. The highest BCUT2D eigenvalue weighted by Crippen LogP contribution is 2.23. The molecule has 1 aliphatic rings. The van der Waals surface area contributed by atoms with Crippen molar-refractivity contribution in [3.05, 3.63) is 6.33 Å². The summed E-state index contributed by atoms with van der Waals surface area (Å²) in [6.07, 6.45) is 7.20. The number of aryl methyl sites for hydroxylation is 1. The fourth-order valence-corrected chi connectivity index (χ4v) is 3.03. The monoisotopic (exact) mass is 254 g/mol. The van der Waals surface area contributed by atoms with Crippen LogP contribution >= 0.6 is 11.8 Å². The molecule has 1 aromatic heterocycles. The zero-order valence-electron chi connectivity index (χ0n) is 10.7. The summed E-state index contributed by atoms with van der Waals surface area (Å²) in [5.41, 5.74) is 0. The Labute approximate surface area is 108 Å². The summed E-state index contributed by atoms with van der Waals surface area (Å²) in [6.45, 7) is 3.43. The van der Waals surface area contributed by atoms with Gasteiger partial charge in [-0.15, -0.1) is 10.2 Å². The number of hydrogen-bond acceptors (Lipinski definition) is 4. The van der Waals surface area contributed by atoms with Crippen LogP contribution in [-0.2, 0) is 7.05 Å². The van der Waals surface area contributed by atoms with Gasteiger partial charge in [0.25, 0.3) is 0 Å². The SMILES string of the molecule is CC1CCC(NCCSc2nncn2C)CC1. The predicted molar refractivity (Wildman–Crippen MR) is 71.1 cm³/mol. The molecule has 0 amide bonds. The molecular weight excluding hydrogens is 232 g/mol. The van der Waals surface area contributed by atoms with Crippen molar-refractivity contribution in [1.82, 2.24) is 20.1 Å². The molecule has 0 atom stereocenters. The summed E-state index contributed by atoms with van der Waals surface area (Å²) in [5.74, 6) is 2.00. The van der Waals surface area contributed by atoms with E-state index in [9.17, 15) is 0 Å². The number of nitrogens with one attached hydrogen (secondary N) is 1. The van der Waals surface area contributed by atoms with Crippen molar-refractivity contribution in [2.24, 2.45) is 13.0 Å². The molecule has 0 spiro atoms. The summed E-state index contributed by atoms with van der Waals surface area (Å²) < 4.78 is 1.97. The topological polar surface area (TPSA) is 42.7 Å². The van der Waals surface area contributed by atoms with E-state index in [2.05, 4.69) is 22.4 Å². The predicted octanol–water partition coefficient (Wildman–Crippen LogP) is 2.08. The minimum Gasteiger partial charge on any atom is -0.313 e. The van der Waals surface area contributed by atoms with Crippen molar-refractivity contribution in [1.29, 1.82) is 0 Å². The molecule has 5 heteroatoms. The highest BCUT2D eigenvalue weighted by atomic mass is 32.2. The van der Waals surface area contributed by atoms with Crippen LogP contribution in [0.1, 0.15) is 32.6 Å². The van der Waals surface area contributed by atoms with Gasteiger partial charge in [-0.25, -0.2) is 0 Å². The van der Waals surface area contributed by atoms with Crippen LogP contribution in [0.5, 0.6) is 0 Å². The molecule has 17 heavy (non-hydrogen) atoms. The molecule has 0 aromatic carbocycles. The minimum atomic E-state index is 0.742. The maximum atomic E-state index is 4.06. The van der Waals surface area contributed by atoms with Crippen molar-refractivity contribution >= 4 is 11.8 Å². The maximum Gasteiger partial charge on any atom is 0.190 e. The maximum absolute atomic E-state index is 4.06. The molecule has 0 aliphatic heterocycles. The van der Waals surface area contributed by atoms with Gasteiger partial charge in [0.2, 0.25) is 0 Å². The first-order valence-electron chi connectivity index (χ1n) is 6.46. The number of thioether (sulfide) groups is 1. The van der Waals surface area contributed by atoms with Gasteiger partial charge in [0.05, 0.1) is 0 Å². The molecule has 1 saturated carbocycles. The Kier molecular flexibility index (Phi) is 4.86. The van der Waals surface area contributed by atoms with E-state index in [1.807, 2.05) is 11.6 Å². The molecule has 0 bridgehead atoms. The average Bonchev–Trinajstić information content (AvgIpc) is 2.73. The summed E-state index contributed by atoms with van der Waals surface area (Å²) in [6, 6.07) is 0.742. The molecule has 1 aromatic rings. The molecule has 0 radical (unpaired) electrons. The molecule has 96 valence electrons. The van der Waals surface area contributed by atoms with Gasteiger partial charge in [0.1, 0.15) is 6.33 Å². The molecule has 1 heterocycles. The number of hydrogen-bond donors (Lipinski definition) is 1. The fourth-order valence-electron chi connectivity index (χ4n) is 2.27. The van der Waals surface area contributed by atoms with Gasteiger partial charge < -0.3 is 9.88 Å². The van der Waals surface area contributed by atoms with Crippen LogP contribution in [0.25, 0.3) is 0 Å². The van der Waals surface area contributed by atoms with E-state index in [4.69, 9.17) is 0 Å². The van der Waals surface area contributed by atoms with Gasteiger partial charge in [-0.3, -0.25) is 0 Å². The first-order valence-corrected chi connectivity index (χ1v) is 7.44. The zero-order valence-corrected chi connectivity index (χ0v) is 11.5. The Bertz CT molecular complexity index is 331. The quantitative estimate of drug-likeness (QED) is 0.645. The second-order valence-corrected chi connectivity index (χ2v) is 6.05. The second kappa shape index (κ2) is 6.40. The lowest BCUT2D eigenvalue weighted by atomic mass is 9.87. The van der Waals surface area contributed by atoms with Crippen molar-refractivity contribution < 1.29 is 0 Å².